The topological polar surface area (TPSA) is 57.5 Å². The second-order valence-corrected chi connectivity index (χ2v) is 3.39. The minimum Gasteiger partial charge on any atom is -0.508 e. The van der Waals surface area contributed by atoms with Gasteiger partial charge >= 0.3 is 0 Å². The molecule has 1 rings (SSSR count). The van der Waals surface area contributed by atoms with E-state index in [4.69, 9.17) is 16.7 Å². The van der Waals surface area contributed by atoms with Crippen molar-refractivity contribution in [3.63, 3.8) is 0 Å². The van der Waals surface area contributed by atoms with Crippen LogP contribution >= 0.6 is 11.6 Å². The molecule has 0 atom stereocenters. The van der Waals surface area contributed by atoms with Crippen LogP contribution in [0, 0.1) is 0 Å². The van der Waals surface area contributed by atoms with Gasteiger partial charge in [-0.25, -0.2) is 0 Å². The van der Waals surface area contributed by atoms with Crippen molar-refractivity contribution in [3.8, 4) is 11.5 Å². The number of aromatic hydroxyl groups is 2. The molecular formula is C10H9ClO3. The van der Waals surface area contributed by atoms with Gasteiger partial charge in [0, 0.05) is 17.2 Å². The zero-order chi connectivity index (χ0) is 10.7. The predicted molar refractivity (Wildman–Crippen MR) is 53.7 cm³/mol. The molecule has 0 spiro atoms. The van der Waals surface area contributed by atoms with E-state index < -0.39 is 5.78 Å². The van der Waals surface area contributed by atoms with Crippen molar-refractivity contribution >= 4 is 17.4 Å². The summed E-state index contributed by atoms with van der Waals surface area (Å²) >= 11 is 5.52. The van der Waals surface area contributed by atoms with Gasteiger partial charge in [0.1, 0.15) is 11.5 Å². The molecule has 0 aliphatic rings. The molecule has 1 aromatic carbocycles. The number of hydrogen-bond acceptors (Lipinski definition) is 3. The Labute approximate surface area is 86.3 Å². The maximum atomic E-state index is 11.4. The van der Waals surface area contributed by atoms with E-state index in [2.05, 4.69) is 0 Å². The van der Waals surface area contributed by atoms with Crippen LogP contribution in [-0.4, -0.2) is 16.0 Å². The van der Waals surface area contributed by atoms with Crippen LogP contribution in [-0.2, 0) is 0 Å². The van der Waals surface area contributed by atoms with Crippen molar-refractivity contribution in [1.82, 2.24) is 0 Å². The molecule has 0 heterocycles. The van der Waals surface area contributed by atoms with E-state index in [1.54, 1.807) is 6.92 Å². The van der Waals surface area contributed by atoms with E-state index >= 15 is 0 Å². The highest BCUT2D eigenvalue weighted by molar-refractivity contribution is 6.31. The minimum absolute atomic E-state index is 0.0920. The third-order valence-electron chi connectivity index (χ3n) is 1.58. The number of phenols is 2. The largest absolute Gasteiger partial charge is 0.508 e. The van der Waals surface area contributed by atoms with Crippen molar-refractivity contribution in [1.29, 1.82) is 0 Å². The van der Waals surface area contributed by atoms with Gasteiger partial charge in [-0.1, -0.05) is 11.6 Å². The number of benzene rings is 1. The van der Waals surface area contributed by atoms with E-state index in [1.165, 1.54) is 18.2 Å². The van der Waals surface area contributed by atoms with Gasteiger partial charge in [-0.2, -0.15) is 0 Å². The van der Waals surface area contributed by atoms with Gasteiger partial charge < -0.3 is 10.2 Å². The molecule has 4 heteroatoms. The fraction of sp³-hybridized carbons (Fsp3) is 0.100. The van der Waals surface area contributed by atoms with E-state index in [-0.39, 0.29) is 17.1 Å². The Morgan fingerprint density at radius 2 is 2.07 bits per heavy atom. The van der Waals surface area contributed by atoms with Crippen LogP contribution in [0.25, 0.3) is 0 Å². The molecule has 0 radical (unpaired) electrons. The lowest BCUT2D eigenvalue weighted by Gasteiger charge is -2.00. The molecule has 0 saturated heterocycles. The predicted octanol–water partition coefficient (Wildman–Crippen LogP) is 2.42. The summed E-state index contributed by atoms with van der Waals surface area (Å²) in [6, 6.07) is 3.76. The highest BCUT2D eigenvalue weighted by Crippen LogP contribution is 2.23. The van der Waals surface area contributed by atoms with Crippen LogP contribution in [0.5, 0.6) is 11.5 Å². The van der Waals surface area contributed by atoms with Gasteiger partial charge in [-0.3, -0.25) is 4.79 Å². The summed E-state index contributed by atoms with van der Waals surface area (Å²) in [5.41, 5.74) is 0.114. The summed E-state index contributed by atoms with van der Waals surface area (Å²) in [5.74, 6) is -0.746. The third kappa shape index (κ3) is 2.50. The second-order valence-electron chi connectivity index (χ2n) is 2.80. The molecule has 0 aliphatic heterocycles. The fourth-order valence-electron chi connectivity index (χ4n) is 0.987. The highest BCUT2D eigenvalue weighted by atomic mass is 35.5. The summed E-state index contributed by atoms with van der Waals surface area (Å²) in [6.45, 7) is 1.57. The van der Waals surface area contributed by atoms with Gasteiger partial charge in [-0.15, -0.1) is 0 Å². The number of hydrogen-bond donors (Lipinski definition) is 2. The number of carbonyl (C=O) groups is 1. The van der Waals surface area contributed by atoms with Crippen LogP contribution in [0.1, 0.15) is 17.3 Å². The van der Waals surface area contributed by atoms with Crippen LogP contribution in [0.3, 0.4) is 0 Å². The molecule has 0 bridgehead atoms. The van der Waals surface area contributed by atoms with Crippen molar-refractivity contribution in [2.24, 2.45) is 0 Å². The average molecular weight is 213 g/mol. The molecule has 0 aromatic heterocycles. The summed E-state index contributed by atoms with van der Waals surface area (Å²) in [4.78, 5) is 11.4. The van der Waals surface area contributed by atoms with E-state index in [1.807, 2.05) is 0 Å². The quantitative estimate of drug-likeness (QED) is 0.585. The Kier molecular flexibility index (Phi) is 3.14. The fourth-order valence-corrected chi connectivity index (χ4v) is 1.09. The van der Waals surface area contributed by atoms with E-state index in [9.17, 15) is 9.90 Å². The Bertz CT molecular complexity index is 392. The van der Waals surface area contributed by atoms with E-state index in [0.29, 0.717) is 5.03 Å². The smallest absolute Gasteiger partial charge is 0.190 e. The number of rotatable bonds is 2. The number of ketones is 1. The summed E-state index contributed by atoms with van der Waals surface area (Å²) in [5, 5.41) is 18.6. The molecule has 0 unspecified atom stereocenters. The molecule has 3 nitrogen and oxygen atoms in total. The van der Waals surface area contributed by atoms with Gasteiger partial charge in [-0.05, 0) is 19.1 Å². The Morgan fingerprint density at radius 1 is 1.43 bits per heavy atom. The summed E-state index contributed by atoms with van der Waals surface area (Å²) < 4.78 is 0. The second kappa shape index (κ2) is 4.15. The van der Waals surface area contributed by atoms with Gasteiger partial charge in [0.2, 0.25) is 0 Å². The Balaban J connectivity index is 3.08. The first kappa shape index (κ1) is 10.6. The zero-order valence-corrected chi connectivity index (χ0v) is 8.25. The first-order valence-electron chi connectivity index (χ1n) is 3.91. The molecule has 2 N–H and O–H groups in total. The molecule has 0 saturated carbocycles. The van der Waals surface area contributed by atoms with Crippen molar-refractivity contribution in [2.45, 2.75) is 6.92 Å². The van der Waals surface area contributed by atoms with Gasteiger partial charge in [0.05, 0.1) is 5.56 Å². The lowest BCUT2D eigenvalue weighted by Crippen LogP contribution is -1.94. The van der Waals surface area contributed by atoms with Crippen molar-refractivity contribution < 1.29 is 15.0 Å². The average Bonchev–Trinajstić information content (AvgIpc) is 2.01. The van der Waals surface area contributed by atoms with Crippen LogP contribution in [0.2, 0.25) is 0 Å². The van der Waals surface area contributed by atoms with E-state index in [0.717, 1.165) is 6.07 Å². The third-order valence-corrected chi connectivity index (χ3v) is 1.69. The molecule has 0 aliphatic carbocycles. The number of carbonyl (C=O) groups excluding carboxylic acids is 1. The molecule has 0 amide bonds. The summed E-state index contributed by atoms with van der Waals surface area (Å²) in [7, 11) is 0. The first-order valence-corrected chi connectivity index (χ1v) is 4.28. The first-order chi connectivity index (χ1) is 6.50. The maximum absolute atomic E-state index is 11.4. The monoisotopic (exact) mass is 212 g/mol. The number of halogens is 1. The zero-order valence-electron chi connectivity index (χ0n) is 7.49. The van der Waals surface area contributed by atoms with Gasteiger partial charge in [0.15, 0.2) is 5.78 Å². The van der Waals surface area contributed by atoms with Crippen molar-refractivity contribution in [3.05, 3.63) is 34.9 Å². The molecular weight excluding hydrogens is 204 g/mol. The Hall–Kier alpha value is -1.48. The number of allylic oxidation sites excluding steroid dienone is 2. The lowest BCUT2D eigenvalue weighted by molar-refractivity contribution is 0.104. The standard InChI is InChI=1S/C10H9ClO3/c1-6(11)4-9(13)8-3-2-7(12)5-10(8)14/h2-5,12,14H,1H3/b6-4-. The molecule has 0 fully saturated rings. The Morgan fingerprint density at radius 3 is 2.57 bits per heavy atom. The minimum atomic E-state index is -0.394. The SMILES string of the molecule is C/C(Cl)=C/C(=O)c1ccc(O)cc1O. The van der Waals surface area contributed by atoms with Gasteiger partial charge in [0.25, 0.3) is 0 Å². The maximum Gasteiger partial charge on any atom is 0.190 e. The number of phenolic OH excluding ortho intramolecular Hbond substituents is 2. The van der Waals surface area contributed by atoms with Crippen LogP contribution < -0.4 is 0 Å². The van der Waals surface area contributed by atoms with Crippen LogP contribution in [0.4, 0.5) is 0 Å². The normalized spacial score (nSPS) is 11.4. The highest BCUT2D eigenvalue weighted by Gasteiger charge is 2.08. The van der Waals surface area contributed by atoms with Crippen molar-refractivity contribution in [2.75, 3.05) is 0 Å². The lowest BCUT2D eigenvalue weighted by atomic mass is 10.1. The summed E-state index contributed by atoms with van der Waals surface area (Å²) in [6.07, 6.45) is 1.20. The molecule has 14 heavy (non-hydrogen) atoms. The molecule has 74 valence electrons. The van der Waals surface area contributed by atoms with Crippen LogP contribution in [0.15, 0.2) is 29.3 Å². The molecule has 1 aromatic rings.